The minimum absolute atomic E-state index is 0.325. The Morgan fingerprint density at radius 3 is 2.47 bits per heavy atom. The van der Waals surface area contributed by atoms with Crippen molar-refractivity contribution in [2.75, 3.05) is 33.7 Å². The topological polar surface area (TPSA) is 65.1 Å². The van der Waals surface area contributed by atoms with Gasteiger partial charge in [-0.1, -0.05) is 5.16 Å². The molecule has 3 N–H and O–H groups in total. The number of likely N-dealkylation sites (N-methyl/N-ethyl adjacent to an activating group) is 1. The summed E-state index contributed by atoms with van der Waals surface area (Å²) in [7, 11) is 4.16. The number of oxime groups is 1. The van der Waals surface area contributed by atoms with Crippen LogP contribution in [-0.4, -0.2) is 60.6 Å². The zero-order valence-corrected chi connectivity index (χ0v) is 9.69. The van der Waals surface area contributed by atoms with E-state index in [1.54, 1.807) is 0 Å². The fourth-order valence-electron chi connectivity index (χ4n) is 1.55. The van der Waals surface area contributed by atoms with E-state index in [4.69, 9.17) is 10.9 Å². The first kappa shape index (κ1) is 12.3. The number of nitrogens with zero attached hydrogens (tertiary/aromatic N) is 3. The molecule has 0 saturated heterocycles. The Morgan fingerprint density at radius 2 is 2.00 bits per heavy atom. The molecule has 1 rings (SSSR count). The summed E-state index contributed by atoms with van der Waals surface area (Å²) in [4.78, 5) is 4.61. The third kappa shape index (κ3) is 4.99. The van der Waals surface area contributed by atoms with E-state index >= 15 is 0 Å². The first-order chi connectivity index (χ1) is 7.13. The van der Waals surface area contributed by atoms with Crippen LogP contribution in [0, 0.1) is 0 Å². The van der Waals surface area contributed by atoms with E-state index in [0.29, 0.717) is 12.3 Å². The van der Waals surface area contributed by atoms with Crippen LogP contribution < -0.4 is 5.73 Å². The number of hydrogen-bond donors (Lipinski definition) is 2. The number of rotatable bonds is 7. The third-order valence-corrected chi connectivity index (χ3v) is 2.68. The van der Waals surface area contributed by atoms with Gasteiger partial charge in [-0.25, -0.2) is 0 Å². The molecule has 0 aliphatic heterocycles. The van der Waals surface area contributed by atoms with Crippen molar-refractivity contribution in [3.05, 3.63) is 0 Å². The van der Waals surface area contributed by atoms with Gasteiger partial charge in [0.1, 0.15) is 5.84 Å². The predicted octanol–water partition coefficient (Wildman–Crippen LogP) is 0.149. The van der Waals surface area contributed by atoms with Crippen LogP contribution in [0.15, 0.2) is 5.16 Å². The lowest BCUT2D eigenvalue weighted by Gasteiger charge is -2.23. The predicted molar refractivity (Wildman–Crippen MR) is 61.2 cm³/mol. The van der Waals surface area contributed by atoms with Crippen molar-refractivity contribution in [3.8, 4) is 0 Å². The van der Waals surface area contributed by atoms with Crippen molar-refractivity contribution in [3.63, 3.8) is 0 Å². The maximum Gasteiger partial charge on any atom is 0.140 e. The Morgan fingerprint density at radius 1 is 1.33 bits per heavy atom. The molecule has 0 aromatic rings. The molecule has 1 aliphatic rings. The molecule has 1 aliphatic carbocycles. The van der Waals surface area contributed by atoms with Crippen LogP contribution >= 0.6 is 0 Å². The summed E-state index contributed by atoms with van der Waals surface area (Å²) in [5, 5.41) is 11.4. The van der Waals surface area contributed by atoms with Gasteiger partial charge in [-0.2, -0.15) is 0 Å². The zero-order chi connectivity index (χ0) is 11.3. The van der Waals surface area contributed by atoms with Crippen molar-refractivity contribution < 1.29 is 5.21 Å². The van der Waals surface area contributed by atoms with Crippen molar-refractivity contribution in [2.24, 2.45) is 10.9 Å². The summed E-state index contributed by atoms with van der Waals surface area (Å²) < 4.78 is 0. The molecular formula is C10H22N4O. The fourth-order valence-corrected chi connectivity index (χ4v) is 1.55. The summed E-state index contributed by atoms with van der Waals surface area (Å²) in [5.74, 6) is 0.325. The molecule has 0 spiro atoms. The highest BCUT2D eigenvalue weighted by molar-refractivity contribution is 5.79. The normalized spacial score (nSPS) is 17.7. The largest absolute Gasteiger partial charge is 0.409 e. The van der Waals surface area contributed by atoms with Gasteiger partial charge in [-0.05, 0) is 26.9 Å². The van der Waals surface area contributed by atoms with Gasteiger partial charge in [-0.3, -0.25) is 4.90 Å². The van der Waals surface area contributed by atoms with Gasteiger partial charge in [0.2, 0.25) is 0 Å². The Labute approximate surface area is 91.5 Å². The van der Waals surface area contributed by atoms with Crippen LogP contribution in [0.2, 0.25) is 0 Å². The van der Waals surface area contributed by atoms with E-state index in [1.807, 2.05) is 0 Å². The minimum atomic E-state index is 0.325. The second kappa shape index (κ2) is 5.92. The Bertz CT molecular complexity index is 213. The Kier molecular flexibility index (Phi) is 4.84. The first-order valence-electron chi connectivity index (χ1n) is 5.48. The monoisotopic (exact) mass is 214 g/mol. The van der Waals surface area contributed by atoms with Crippen LogP contribution in [0.3, 0.4) is 0 Å². The molecule has 1 saturated carbocycles. The quantitative estimate of drug-likeness (QED) is 0.274. The molecule has 0 aromatic heterocycles. The number of amidine groups is 1. The second-order valence-corrected chi connectivity index (χ2v) is 4.41. The summed E-state index contributed by atoms with van der Waals surface area (Å²) in [6.07, 6.45) is 3.24. The molecule has 0 atom stereocenters. The Hall–Kier alpha value is -0.810. The maximum atomic E-state index is 8.46. The first-order valence-corrected chi connectivity index (χ1v) is 5.48. The van der Waals surface area contributed by atoms with Crippen LogP contribution in [-0.2, 0) is 0 Å². The molecule has 15 heavy (non-hydrogen) atoms. The molecule has 5 heteroatoms. The molecule has 0 unspecified atom stereocenters. The van der Waals surface area contributed by atoms with Gasteiger partial charge in [0.25, 0.3) is 0 Å². The fraction of sp³-hybridized carbons (Fsp3) is 0.900. The molecule has 0 heterocycles. The molecule has 5 nitrogen and oxygen atoms in total. The van der Waals surface area contributed by atoms with E-state index in [2.05, 4.69) is 29.1 Å². The molecule has 0 aromatic carbocycles. The summed E-state index contributed by atoms with van der Waals surface area (Å²) >= 11 is 0. The SMILES string of the molecule is CN(C)CCN(CCC(N)=NO)C1CC1. The summed E-state index contributed by atoms with van der Waals surface area (Å²) in [6, 6.07) is 0.733. The van der Waals surface area contributed by atoms with Gasteiger partial charge < -0.3 is 15.8 Å². The smallest absolute Gasteiger partial charge is 0.140 e. The van der Waals surface area contributed by atoms with E-state index in [0.717, 1.165) is 25.7 Å². The lowest BCUT2D eigenvalue weighted by molar-refractivity contribution is 0.236. The molecular weight excluding hydrogens is 192 g/mol. The number of hydrogen-bond acceptors (Lipinski definition) is 4. The van der Waals surface area contributed by atoms with Crippen molar-refractivity contribution in [2.45, 2.75) is 25.3 Å². The third-order valence-electron chi connectivity index (χ3n) is 2.68. The van der Waals surface area contributed by atoms with E-state index < -0.39 is 0 Å². The summed E-state index contributed by atoms with van der Waals surface area (Å²) in [5.41, 5.74) is 5.46. The zero-order valence-electron chi connectivity index (χ0n) is 9.69. The van der Waals surface area contributed by atoms with Crippen LogP contribution in [0.4, 0.5) is 0 Å². The molecule has 0 amide bonds. The van der Waals surface area contributed by atoms with Crippen molar-refractivity contribution in [1.29, 1.82) is 0 Å². The van der Waals surface area contributed by atoms with Gasteiger partial charge >= 0.3 is 0 Å². The lowest BCUT2D eigenvalue weighted by Crippen LogP contribution is -2.35. The molecule has 1 fully saturated rings. The van der Waals surface area contributed by atoms with Crippen molar-refractivity contribution >= 4 is 5.84 Å². The second-order valence-electron chi connectivity index (χ2n) is 4.41. The van der Waals surface area contributed by atoms with Crippen LogP contribution in [0.5, 0.6) is 0 Å². The van der Waals surface area contributed by atoms with Crippen LogP contribution in [0.1, 0.15) is 19.3 Å². The molecule has 0 radical (unpaired) electrons. The maximum absolute atomic E-state index is 8.46. The summed E-state index contributed by atoms with van der Waals surface area (Å²) in [6.45, 7) is 3.03. The standard InChI is InChI=1S/C10H22N4O/c1-13(2)7-8-14(9-3-4-9)6-5-10(11)12-15/h9,15H,3-8H2,1-2H3,(H2,11,12). The average Bonchev–Trinajstić information content (AvgIpc) is 3.00. The minimum Gasteiger partial charge on any atom is -0.409 e. The van der Waals surface area contributed by atoms with Crippen LogP contribution in [0.25, 0.3) is 0 Å². The average molecular weight is 214 g/mol. The highest BCUT2D eigenvalue weighted by atomic mass is 16.4. The van der Waals surface area contributed by atoms with Gasteiger partial charge in [0.05, 0.1) is 0 Å². The van der Waals surface area contributed by atoms with Crippen molar-refractivity contribution in [1.82, 2.24) is 9.80 Å². The van der Waals surface area contributed by atoms with Gasteiger partial charge in [-0.15, -0.1) is 0 Å². The van der Waals surface area contributed by atoms with E-state index in [9.17, 15) is 0 Å². The van der Waals surface area contributed by atoms with E-state index in [1.165, 1.54) is 12.8 Å². The highest BCUT2D eigenvalue weighted by Crippen LogP contribution is 2.26. The van der Waals surface area contributed by atoms with Gasteiger partial charge in [0, 0.05) is 32.1 Å². The van der Waals surface area contributed by atoms with Gasteiger partial charge in [0.15, 0.2) is 0 Å². The van der Waals surface area contributed by atoms with E-state index in [-0.39, 0.29) is 0 Å². The Balaban J connectivity index is 2.24. The molecule has 88 valence electrons. The lowest BCUT2D eigenvalue weighted by atomic mass is 10.3. The highest BCUT2D eigenvalue weighted by Gasteiger charge is 2.28. The number of nitrogens with two attached hydrogens (primary N) is 1. The molecule has 0 bridgehead atoms.